The third-order valence-corrected chi connectivity index (χ3v) is 12.0. The van der Waals surface area contributed by atoms with Gasteiger partial charge in [0.1, 0.15) is 18.8 Å². The number of fused-ring (bicyclic) bond motifs is 2. The van der Waals surface area contributed by atoms with Crippen LogP contribution in [-0.2, 0) is 52.5 Å². The molecule has 2 saturated carbocycles. The van der Waals surface area contributed by atoms with E-state index in [0.717, 1.165) is 22.3 Å². The van der Waals surface area contributed by atoms with Crippen molar-refractivity contribution < 1.29 is 37.9 Å². The summed E-state index contributed by atoms with van der Waals surface area (Å²) < 4.78 is 57.2. The third-order valence-electron chi connectivity index (χ3n) is 11.6. The molecule has 9 heteroatoms. The molecule has 6 nitrogen and oxygen atoms in total. The molecule has 2 aliphatic carbocycles. The molecule has 0 saturated heterocycles. The summed E-state index contributed by atoms with van der Waals surface area (Å²) in [6, 6.07) is 46.6. The highest BCUT2D eigenvalue weighted by Gasteiger charge is 2.69. The Morgan fingerprint density at radius 3 is 1.66 bits per heavy atom. The van der Waals surface area contributed by atoms with Crippen molar-refractivity contribution in [2.24, 2.45) is 5.92 Å². The average molecular weight is 803 g/mol. The van der Waals surface area contributed by atoms with E-state index in [2.05, 4.69) is 0 Å². The van der Waals surface area contributed by atoms with E-state index in [1.165, 1.54) is 12.1 Å². The van der Waals surface area contributed by atoms with Gasteiger partial charge in [-0.05, 0) is 57.5 Å². The van der Waals surface area contributed by atoms with Gasteiger partial charge in [-0.25, -0.2) is 4.39 Å². The van der Waals surface area contributed by atoms with Gasteiger partial charge in [0, 0.05) is 17.4 Å². The van der Waals surface area contributed by atoms with Crippen molar-refractivity contribution in [1.29, 1.82) is 0 Å². The molecule has 58 heavy (non-hydrogen) atoms. The van der Waals surface area contributed by atoms with Crippen LogP contribution >= 0.6 is 11.6 Å². The highest BCUT2D eigenvalue weighted by Crippen LogP contribution is 2.56. The maximum atomic E-state index is 15.7. The zero-order chi connectivity index (χ0) is 40.1. The molecule has 0 spiro atoms. The highest BCUT2D eigenvalue weighted by molar-refractivity contribution is 6.31. The molecule has 0 radical (unpaired) electrons. The van der Waals surface area contributed by atoms with E-state index in [1.807, 2.05) is 121 Å². The normalized spacial score (nSPS) is 23.8. The van der Waals surface area contributed by atoms with E-state index < -0.39 is 53.5 Å². The number of hydrogen-bond acceptors (Lipinski definition) is 6. The van der Waals surface area contributed by atoms with E-state index in [0.29, 0.717) is 16.1 Å². The second-order valence-electron chi connectivity index (χ2n) is 15.1. The zero-order valence-electron chi connectivity index (χ0n) is 31.8. The summed E-state index contributed by atoms with van der Waals surface area (Å²) in [5, 5.41) is 25.2. The van der Waals surface area contributed by atoms with Crippen molar-refractivity contribution in [3.8, 4) is 5.75 Å². The fourth-order valence-electron chi connectivity index (χ4n) is 8.69. The Morgan fingerprint density at radius 2 is 1.09 bits per heavy atom. The summed E-state index contributed by atoms with van der Waals surface area (Å²) in [6.45, 7) is 0.744. The van der Waals surface area contributed by atoms with Crippen molar-refractivity contribution in [3.63, 3.8) is 0 Å². The lowest BCUT2D eigenvalue weighted by Crippen LogP contribution is -2.66. The molecule has 2 N–H and O–H groups in total. The monoisotopic (exact) mass is 802 g/mol. The van der Waals surface area contributed by atoms with Gasteiger partial charge in [0.15, 0.2) is 11.6 Å². The molecule has 2 aliphatic rings. The van der Waals surface area contributed by atoms with Crippen LogP contribution in [0.25, 0.3) is 0 Å². The van der Waals surface area contributed by atoms with Gasteiger partial charge < -0.3 is 29.2 Å². The Kier molecular flexibility index (Phi) is 12.3. The summed E-state index contributed by atoms with van der Waals surface area (Å²) >= 11 is 6.80. The number of aliphatic hydroxyl groups is 2. The maximum Gasteiger partial charge on any atom is 0.200 e. The fraction of sp³-hybridized carbons (Fsp3) is 0.265. The van der Waals surface area contributed by atoms with Crippen LogP contribution in [0.4, 0.5) is 8.78 Å². The number of aliphatic hydroxyl groups excluding tert-OH is 2. The summed E-state index contributed by atoms with van der Waals surface area (Å²) in [5.74, 6) is -2.87. The molecule has 298 valence electrons. The molecule has 0 amide bonds. The van der Waals surface area contributed by atoms with Crippen molar-refractivity contribution >= 4 is 11.6 Å². The van der Waals surface area contributed by atoms with E-state index in [4.69, 9.17) is 30.5 Å². The Balaban J connectivity index is 1.16. The smallest absolute Gasteiger partial charge is 0.200 e. The quantitative estimate of drug-likeness (QED) is 0.108. The van der Waals surface area contributed by atoms with Crippen LogP contribution in [-0.4, -0.2) is 40.7 Å². The molecular weight excluding hydrogens is 758 g/mol. The fourth-order valence-corrected chi connectivity index (χ4v) is 8.87. The van der Waals surface area contributed by atoms with Crippen molar-refractivity contribution in [2.75, 3.05) is 0 Å². The molecular formula is C49H45ClF2O6. The number of benzene rings is 6. The van der Waals surface area contributed by atoms with Gasteiger partial charge in [0.25, 0.3) is 0 Å². The van der Waals surface area contributed by atoms with Crippen molar-refractivity contribution in [3.05, 3.63) is 207 Å². The van der Waals surface area contributed by atoms with E-state index in [1.54, 1.807) is 18.2 Å². The molecule has 6 aromatic carbocycles. The van der Waals surface area contributed by atoms with E-state index >= 15 is 8.78 Å². The summed E-state index contributed by atoms with van der Waals surface area (Å²) in [7, 11) is 0. The van der Waals surface area contributed by atoms with E-state index in [9.17, 15) is 10.2 Å². The Labute approximate surface area is 342 Å². The number of ether oxygens (including phenoxy) is 4. The largest absolute Gasteiger partial charge is 0.486 e. The van der Waals surface area contributed by atoms with Crippen LogP contribution < -0.4 is 4.74 Å². The minimum absolute atomic E-state index is 0.0631. The third kappa shape index (κ3) is 8.18. The van der Waals surface area contributed by atoms with Gasteiger partial charge >= 0.3 is 0 Å². The van der Waals surface area contributed by atoms with Gasteiger partial charge in [0.05, 0.1) is 43.5 Å². The first-order valence-corrected chi connectivity index (χ1v) is 20.0. The predicted molar refractivity (Wildman–Crippen MR) is 218 cm³/mol. The molecule has 2 fully saturated rings. The van der Waals surface area contributed by atoms with Crippen molar-refractivity contribution in [1.82, 2.24) is 0 Å². The summed E-state index contributed by atoms with van der Waals surface area (Å²) in [5.41, 5.74) is 3.32. The first kappa shape index (κ1) is 39.9. The van der Waals surface area contributed by atoms with Crippen molar-refractivity contribution in [2.45, 2.75) is 75.2 Å². The molecule has 8 rings (SSSR count). The molecule has 6 aromatic rings. The lowest BCUT2D eigenvalue weighted by atomic mass is 9.63. The lowest BCUT2D eigenvalue weighted by Gasteiger charge is -2.52. The van der Waals surface area contributed by atoms with E-state index in [-0.39, 0.29) is 50.6 Å². The number of hydrogen-bond donors (Lipinski definition) is 2. The standard InChI is InChI=1S/C49H45ClF2O6/c50-40-23-22-38(26-37(40)25-36-21-24-41(44(52)43(36)51)55-28-32-13-5-1-6-14-32)49-42(53)27-39(47(49)54)45(56-29-33-15-7-2-8-16-33)46(57-30-34-17-9-3-10-18-34)48(49)58-31-35-19-11-4-12-20-35/h1-24,26,39,42,45-48,53-54H,25,27-31H2/t39-,42?,45+,46+,47?,48+,49+/m1/s1. The van der Waals surface area contributed by atoms with Crippen LogP contribution in [0.15, 0.2) is 152 Å². The second kappa shape index (κ2) is 17.9. The van der Waals surface area contributed by atoms with Gasteiger partial charge in [-0.1, -0.05) is 151 Å². The molecule has 0 heterocycles. The first-order valence-electron chi connectivity index (χ1n) is 19.6. The zero-order valence-corrected chi connectivity index (χ0v) is 32.6. The molecule has 2 unspecified atom stereocenters. The first-order chi connectivity index (χ1) is 28.3. The van der Waals surface area contributed by atoms with Crippen LogP contribution in [0.1, 0.15) is 45.4 Å². The predicted octanol–water partition coefficient (Wildman–Crippen LogP) is 9.54. The number of rotatable bonds is 15. The van der Waals surface area contributed by atoms with Crippen LogP contribution in [0.3, 0.4) is 0 Å². The molecule has 2 bridgehead atoms. The van der Waals surface area contributed by atoms with Crippen LogP contribution in [0.5, 0.6) is 5.75 Å². The average Bonchev–Trinajstić information content (AvgIpc) is 3.46. The summed E-state index contributed by atoms with van der Waals surface area (Å²) in [6.07, 6.45) is -4.41. The molecule has 0 aliphatic heterocycles. The van der Waals surface area contributed by atoms with Crippen LogP contribution in [0, 0.1) is 17.6 Å². The molecule has 7 atom stereocenters. The van der Waals surface area contributed by atoms with Crippen LogP contribution in [0.2, 0.25) is 5.02 Å². The Bertz CT molecular complexity index is 2260. The minimum Gasteiger partial charge on any atom is -0.486 e. The topological polar surface area (TPSA) is 77.4 Å². The van der Waals surface area contributed by atoms with Gasteiger partial charge in [0.2, 0.25) is 5.82 Å². The Morgan fingerprint density at radius 1 is 0.569 bits per heavy atom. The Hall–Kier alpha value is -4.93. The summed E-state index contributed by atoms with van der Waals surface area (Å²) in [4.78, 5) is 0. The SMILES string of the molecule is OC1C[C@H]2C(O)[C@@]1(c1ccc(Cl)c(Cc3ccc(OCc4ccccc4)c(F)c3F)c1)[C@@H](OCc1ccccc1)[C@@H](OCc1ccccc1)[C@H]2OCc1ccccc1. The maximum absolute atomic E-state index is 15.7. The van der Waals surface area contributed by atoms with Gasteiger partial charge in [-0.2, -0.15) is 4.39 Å². The number of halogens is 3. The van der Waals surface area contributed by atoms with Gasteiger partial charge in [-0.3, -0.25) is 0 Å². The van der Waals surface area contributed by atoms with Gasteiger partial charge in [-0.15, -0.1) is 0 Å². The lowest BCUT2D eigenvalue weighted by molar-refractivity contribution is -0.232. The minimum atomic E-state index is -1.41. The molecule has 0 aromatic heterocycles. The second-order valence-corrected chi connectivity index (χ2v) is 15.5. The highest BCUT2D eigenvalue weighted by atomic mass is 35.5.